The molecule has 34 heavy (non-hydrogen) atoms. The third-order valence-corrected chi connectivity index (χ3v) is 7.77. The lowest BCUT2D eigenvalue weighted by Gasteiger charge is -2.19. The Kier molecular flexibility index (Phi) is 6.92. The van der Waals surface area contributed by atoms with Crippen LogP contribution in [0.3, 0.4) is 0 Å². The van der Waals surface area contributed by atoms with Crippen molar-refractivity contribution in [3.63, 3.8) is 0 Å². The average molecular weight is 492 g/mol. The van der Waals surface area contributed by atoms with E-state index in [1.165, 1.54) is 11.3 Å². The van der Waals surface area contributed by atoms with Crippen LogP contribution in [0.25, 0.3) is 0 Å². The van der Waals surface area contributed by atoms with E-state index in [2.05, 4.69) is 17.6 Å². The van der Waals surface area contributed by atoms with Gasteiger partial charge in [0.2, 0.25) is 0 Å². The highest BCUT2D eigenvalue weighted by Gasteiger charge is 2.52. The molecule has 2 N–H and O–H groups in total. The molecule has 11 heteroatoms. The van der Waals surface area contributed by atoms with Gasteiger partial charge in [-0.05, 0) is 50.5 Å². The number of rotatable bonds is 7. The zero-order valence-corrected chi connectivity index (χ0v) is 20.2. The molecule has 1 saturated heterocycles. The topological polar surface area (TPSA) is 131 Å². The van der Waals surface area contributed by atoms with Gasteiger partial charge in [0.15, 0.2) is 6.61 Å². The standard InChI is InChI=1S/C23H29N3O7S/c1-3-32-20(29)18-14-7-6-13(2)10-15(14)34-19(18)24-16(27)12-33-17(28)11-26-21(30)23(25-22(26)31)8-4-5-9-23/h13H,3-12H2,1-2H3,(H,24,27)(H,25,31). The van der Waals surface area contributed by atoms with Crippen molar-refractivity contribution < 1.29 is 33.4 Å². The largest absolute Gasteiger partial charge is 0.462 e. The van der Waals surface area contributed by atoms with Crippen LogP contribution in [0.1, 0.15) is 66.8 Å². The number of carbonyl (C=O) groups is 5. The van der Waals surface area contributed by atoms with Gasteiger partial charge in [-0.3, -0.25) is 19.3 Å². The van der Waals surface area contributed by atoms with Gasteiger partial charge >= 0.3 is 18.0 Å². The van der Waals surface area contributed by atoms with E-state index in [0.717, 1.165) is 47.4 Å². The molecule has 1 aliphatic heterocycles. The number of imide groups is 1. The van der Waals surface area contributed by atoms with Crippen LogP contribution in [0.15, 0.2) is 0 Å². The molecular formula is C23H29N3O7S. The van der Waals surface area contributed by atoms with E-state index in [4.69, 9.17) is 9.47 Å². The van der Waals surface area contributed by atoms with Gasteiger partial charge in [0, 0.05) is 4.88 Å². The van der Waals surface area contributed by atoms with Crippen molar-refractivity contribution >= 4 is 46.1 Å². The molecule has 10 nitrogen and oxygen atoms in total. The number of ether oxygens (including phenoxy) is 2. The molecule has 4 rings (SSSR count). The maximum Gasteiger partial charge on any atom is 0.341 e. The van der Waals surface area contributed by atoms with Crippen molar-refractivity contribution in [3.05, 3.63) is 16.0 Å². The van der Waals surface area contributed by atoms with Crippen LogP contribution in [0.4, 0.5) is 9.80 Å². The average Bonchev–Trinajstić information content (AvgIpc) is 3.45. The van der Waals surface area contributed by atoms with E-state index in [-0.39, 0.29) is 6.61 Å². The van der Waals surface area contributed by atoms with Crippen molar-refractivity contribution in [1.82, 2.24) is 10.2 Å². The second-order valence-corrected chi connectivity index (χ2v) is 10.2. The molecule has 2 aliphatic carbocycles. The monoisotopic (exact) mass is 491 g/mol. The van der Waals surface area contributed by atoms with Gasteiger partial charge in [-0.2, -0.15) is 0 Å². The Bertz CT molecular complexity index is 1030. The van der Waals surface area contributed by atoms with Crippen molar-refractivity contribution in [3.8, 4) is 0 Å². The molecule has 1 unspecified atom stereocenters. The van der Waals surface area contributed by atoms with Crippen LogP contribution in [0.2, 0.25) is 0 Å². The fourth-order valence-corrected chi connectivity index (χ4v) is 6.29. The summed E-state index contributed by atoms with van der Waals surface area (Å²) in [5.74, 6) is -1.90. The van der Waals surface area contributed by atoms with Crippen LogP contribution in [0.5, 0.6) is 0 Å². The Balaban J connectivity index is 1.36. The number of nitrogens with zero attached hydrogens (tertiary/aromatic N) is 1. The molecule has 1 aromatic rings. The van der Waals surface area contributed by atoms with Crippen LogP contribution < -0.4 is 10.6 Å². The lowest BCUT2D eigenvalue weighted by Crippen LogP contribution is -2.44. The molecule has 1 saturated carbocycles. The number of urea groups is 1. The molecule has 2 fully saturated rings. The first-order valence-corrected chi connectivity index (χ1v) is 12.5. The SMILES string of the molecule is CCOC(=O)c1c(NC(=O)COC(=O)CN2C(=O)NC3(CCCC3)C2=O)sc2c1CCC(C)C2. The number of nitrogens with one attached hydrogen (secondary N) is 2. The number of hydrogen-bond donors (Lipinski definition) is 2. The van der Waals surface area contributed by atoms with Crippen molar-refractivity contribution in [2.24, 2.45) is 5.92 Å². The summed E-state index contributed by atoms with van der Waals surface area (Å²) in [5.41, 5.74) is 0.372. The van der Waals surface area contributed by atoms with Gasteiger partial charge in [0.25, 0.3) is 11.8 Å². The van der Waals surface area contributed by atoms with Gasteiger partial charge in [-0.25, -0.2) is 9.59 Å². The molecule has 0 aromatic carbocycles. The third kappa shape index (κ3) is 4.66. The Morgan fingerprint density at radius 3 is 2.65 bits per heavy atom. The maximum atomic E-state index is 12.6. The molecule has 0 radical (unpaired) electrons. The quantitative estimate of drug-likeness (QED) is 0.442. The smallest absolute Gasteiger partial charge is 0.341 e. The minimum atomic E-state index is -0.909. The molecule has 184 valence electrons. The highest BCUT2D eigenvalue weighted by molar-refractivity contribution is 7.17. The van der Waals surface area contributed by atoms with Crippen molar-refractivity contribution in [1.29, 1.82) is 0 Å². The molecule has 1 spiro atoms. The highest BCUT2D eigenvalue weighted by atomic mass is 32.1. The normalized spacial score (nSPS) is 20.8. The number of carbonyl (C=O) groups excluding carboxylic acids is 5. The van der Waals surface area contributed by atoms with E-state index < -0.39 is 48.5 Å². The number of anilines is 1. The van der Waals surface area contributed by atoms with Gasteiger partial charge < -0.3 is 20.1 Å². The maximum absolute atomic E-state index is 12.6. The second kappa shape index (κ2) is 9.73. The van der Waals surface area contributed by atoms with E-state index in [1.54, 1.807) is 6.92 Å². The predicted octanol–water partition coefficient (Wildman–Crippen LogP) is 2.40. The summed E-state index contributed by atoms with van der Waals surface area (Å²) in [5, 5.41) is 5.75. The van der Waals surface area contributed by atoms with Gasteiger partial charge in [0.05, 0.1) is 12.2 Å². The van der Waals surface area contributed by atoms with Gasteiger partial charge in [-0.1, -0.05) is 19.8 Å². The van der Waals surface area contributed by atoms with E-state index in [0.29, 0.717) is 29.3 Å². The molecule has 4 amide bonds. The lowest BCUT2D eigenvalue weighted by molar-refractivity contribution is -0.150. The Morgan fingerprint density at radius 2 is 1.94 bits per heavy atom. The predicted molar refractivity (Wildman–Crippen MR) is 122 cm³/mol. The number of fused-ring (bicyclic) bond motifs is 1. The number of esters is 2. The first kappa shape index (κ1) is 24.2. The summed E-state index contributed by atoms with van der Waals surface area (Å²) in [4.78, 5) is 64.1. The zero-order valence-electron chi connectivity index (χ0n) is 19.4. The number of amides is 4. The van der Waals surface area contributed by atoms with Gasteiger partial charge in [-0.15, -0.1) is 11.3 Å². The van der Waals surface area contributed by atoms with E-state index in [1.807, 2.05) is 0 Å². The van der Waals surface area contributed by atoms with E-state index >= 15 is 0 Å². The molecular weight excluding hydrogens is 462 g/mol. The minimum absolute atomic E-state index is 0.217. The summed E-state index contributed by atoms with van der Waals surface area (Å²) in [6.07, 6.45) is 5.29. The number of thiophene rings is 1. The Morgan fingerprint density at radius 1 is 1.21 bits per heavy atom. The third-order valence-electron chi connectivity index (χ3n) is 6.60. The summed E-state index contributed by atoms with van der Waals surface area (Å²) in [6, 6.07) is -0.620. The van der Waals surface area contributed by atoms with Crippen molar-refractivity contribution in [2.45, 2.75) is 64.3 Å². The summed E-state index contributed by atoms with van der Waals surface area (Å²) < 4.78 is 10.2. The second-order valence-electron chi connectivity index (χ2n) is 9.10. The van der Waals surface area contributed by atoms with Gasteiger partial charge in [0.1, 0.15) is 17.1 Å². The molecule has 3 aliphatic rings. The molecule has 1 atom stereocenters. The highest BCUT2D eigenvalue weighted by Crippen LogP contribution is 2.40. The minimum Gasteiger partial charge on any atom is -0.462 e. The fraction of sp³-hybridized carbons (Fsp3) is 0.609. The first-order valence-electron chi connectivity index (χ1n) is 11.7. The Hall–Kier alpha value is -2.95. The Labute approximate surface area is 201 Å². The molecule has 0 bridgehead atoms. The van der Waals surface area contributed by atoms with Crippen LogP contribution >= 0.6 is 11.3 Å². The summed E-state index contributed by atoms with van der Waals surface area (Å²) in [6.45, 7) is 2.92. The van der Waals surface area contributed by atoms with E-state index in [9.17, 15) is 24.0 Å². The van der Waals surface area contributed by atoms with Crippen molar-refractivity contribution in [2.75, 3.05) is 25.1 Å². The van der Waals surface area contributed by atoms with Crippen LogP contribution in [-0.4, -0.2) is 60.0 Å². The number of hydrogen-bond acceptors (Lipinski definition) is 8. The first-order chi connectivity index (χ1) is 16.2. The van der Waals surface area contributed by atoms with Crippen LogP contribution in [0, 0.1) is 5.92 Å². The lowest BCUT2D eigenvalue weighted by atomic mass is 9.88. The molecule has 1 aromatic heterocycles. The van der Waals surface area contributed by atoms with Crippen LogP contribution in [-0.2, 0) is 36.7 Å². The molecule has 2 heterocycles. The summed E-state index contributed by atoms with van der Waals surface area (Å²) >= 11 is 1.34. The summed E-state index contributed by atoms with van der Waals surface area (Å²) in [7, 11) is 0. The fourth-order valence-electron chi connectivity index (χ4n) is 4.88. The zero-order chi connectivity index (χ0) is 24.5.